The summed E-state index contributed by atoms with van der Waals surface area (Å²) in [7, 11) is 0. The molecule has 2 aliphatic rings. The van der Waals surface area contributed by atoms with Crippen LogP contribution in [0.3, 0.4) is 0 Å². The van der Waals surface area contributed by atoms with E-state index in [1.807, 2.05) is 0 Å². The Bertz CT molecular complexity index is 388. The number of nitrogens with one attached hydrogen (secondary N) is 1. The van der Waals surface area contributed by atoms with Gasteiger partial charge in [-0.1, -0.05) is 0 Å². The molecule has 1 unspecified atom stereocenters. The van der Waals surface area contributed by atoms with Crippen molar-refractivity contribution < 1.29 is 4.74 Å². The van der Waals surface area contributed by atoms with Crippen molar-refractivity contribution in [1.82, 2.24) is 9.97 Å². The summed E-state index contributed by atoms with van der Waals surface area (Å²) >= 11 is 0. The number of aryl methyl sites for hydroxylation is 1. The van der Waals surface area contributed by atoms with Gasteiger partial charge >= 0.3 is 0 Å². The van der Waals surface area contributed by atoms with E-state index in [-0.39, 0.29) is 0 Å². The van der Waals surface area contributed by atoms with Gasteiger partial charge in [-0.25, -0.2) is 9.97 Å². The highest BCUT2D eigenvalue weighted by Crippen LogP contribution is 2.24. The smallest absolute Gasteiger partial charge is 0.132 e. The standard InChI is InChI=1S/C13H19N3O/c1-2-6-12-11(5-1)13(16-9-15-12)14-8-10-4-3-7-17-10/h9-10H,1-8H2,(H,14,15,16). The zero-order valence-corrected chi connectivity index (χ0v) is 10.1. The van der Waals surface area contributed by atoms with Crippen molar-refractivity contribution in [3.8, 4) is 0 Å². The lowest BCUT2D eigenvalue weighted by Gasteiger charge is -2.19. The third-order valence-electron chi connectivity index (χ3n) is 3.65. The number of ether oxygens (including phenoxy) is 1. The van der Waals surface area contributed by atoms with Crippen LogP contribution in [0.1, 0.15) is 36.9 Å². The third kappa shape index (κ3) is 2.41. The van der Waals surface area contributed by atoms with Crippen LogP contribution in [0.5, 0.6) is 0 Å². The van der Waals surface area contributed by atoms with Crippen molar-refractivity contribution in [2.24, 2.45) is 0 Å². The molecule has 1 aliphatic carbocycles. The second-order valence-electron chi connectivity index (χ2n) is 4.87. The van der Waals surface area contributed by atoms with Gasteiger partial charge in [0.05, 0.1) is 6.10 Å². The minimum absolute atomic E-state index is 0.365. The molecule has 92 valence electrons. The number of nitrogens with zero attached hydrogens (tertiary/aromatic N) is 2. The first kappa shape index (κ1) is 11.0. The minimum Gasteiger partial charge on any atom is -0.376 e. The SMILES string of the molecule is c1nc2c(c(NCC3CCCO3)n1)CCCC2. The first-order valence-electron chi connectivity index (χ1n) is 6.62. The molecule has 1 atom stereocenters. The van der Waals surface area contributed by atoms with Crippen molar-refractivity contribution in [3.63, 3.8) is 0 Å². The summed E-state index contributed by atoms with van der Waals surface area (Å²) in [4.78, 5) is 8.75. The van der Waals surface area contributed by atoms with E-state index >= 15 is 0 Å². The second-order valence-corrected chi connectivity index (χ2v) is 4.87. The first-order chi connectivity index (χ1) is 8.43. The first-order valence-corrected chi connectivity index (χ1v) is 6.62. The fourth-order valence-electron chi connectivity index (χ4n) is 2.69. The van der Waals surface area contributed by atoms with Crippen LogP contribution in [0.4, 0.5) is 5.82 Å². The third-order valence-corrected chi connectivity index (χ3v) is 3.65. The van der Waals surface area contributed by atoms with Crippen LogP contribution in [0, 0.1) is 0 Å². The Morgan fingerprint density at radius 2 is 2.18 bits per heavy atom. The molecule has 0 amide bonds. The van der Waals surface area contributed by atoms with Crippen molar-refractivity contribution in [2.45, 2.75) is 44.6 Å². The monoisotopic (exact) mass is 233 g/mol. The van der Waals surface area contributed by atoms with Crippen LogP contribution in [-0.2, 0) is 17.6 Å². The lowest BCUT2D eigenvalue weighted by molar-refractivity contribution is 0.120. The maximum absolute atomic E-state index is 5.61. The predicted molar refractivity (Wildman–Crippen MR) is 66.1 cm³/mol. The molecule has 1 fully saturated rings. The number of fused-ring (bicyclic) bond motifs is 1. The van der Waals surface area contributed by atoms with Crippen molar-refractivity contribution >= 4 is 5.82 Å². The van der Waals surface area contributed by atoms with Crippen LogP contribution in [0.15, 0.2) is 6.33 Å². The summed E-state index contributed by atoms with van der Waals surface area (Å²) in [6.45, 7) is 1.79. The van der Waals surface area contributed by atoms with Gasteiger partial charge in [0.25, 0.3) is 0 Å². The fraction of sp³-hybridized carbons (Fsp3) is 0.692. The summed E-state index contributed by atoms with van der Waals surface area (Å²) < 4.78 is 5.61. The Hall–Kier alpha value is -1.16. The second kappa shape index (κ2) is 5.00. The van der Waals surface area contributed by atoms with E-state index in [1.54, 1.807) is 6.33 Å². The van der Waals surface area contributed by atoms with E-state index in [0.29, 0.717) is 6.10 Å². The van der Waals surface area contributed by atoms with E-state index in [1.165, 1.54) is 36.9 Å². The summed E-state index contributed by atoms with van der Waals surface area (Å²) in [6, 6.07) is 0. The molecular weight excluding hydrogens is 214 g/mol. The largest absolute Gasteiger partial charge is 0.376 e. The molecule has 1 N–H and O–H groups in total. The summed E-state index contributed by atoms with van der Waals surface area (Å²) in [5.41, 5.74) is 2.57. The molecule has 2 heterocycles. The minimum atomic E-state index is 0.365. The molecule has 1 aromatic rings. The molecule has 0 aromatic carbocycles. The topological polar surface area (TPSA) is 47.0 Å². The number of rotatable bonds is 3. The van der Waals surface area contributed by atoms with Crippen LogP contribution in [-0.4, -0.2) is 29.2 Å². The zero-order chi connectivity index (χ0) is 11.5. The molecule has 1 aromatic heterocycles. The average Bonchev–Trinajstić information content (AvgIpc) is 2.89. The van der Waals surface area contributed by atoms with Crippen molar-refractivity contribution in [3.05, 3.63) is 17.6 Å². The van der Waals surface area contributed by atoms with Gasteiger partial charge in [-0.15, -0.1) is 0 Å². The lowest BCUT2D eigenvalue weighted by atomic mass is 9.96. The number of aromatic nitrogens is 2. The Balaban J connectivity index is 1.69. The molecule has 1 saturated heterocycles. The lowest BCUT2D eigenvalue weighted by Crippen LogP contribution is -2.21. The number of hydrogen-bond donors (Lipinski definition) is 1. The Morgan fingerprint density at radius 1 is 1.24 bits per heavy atom. The van der Waals surface area contributed by atoms with Gasteiger partial charge in [-0.3, -0.25) is 0 Å². The molecule has 3 rings (SSSR count). The quantitative estimate of drug-likeness (QED) is 0.866. The molecule has 0 radical (unpaired) electrons. The van der Waals surface area contributed by atoms with Gasteiger partial charge in [0, 0.05) is 24.4 Å². The summed E-state index contributed by atoms with van der Waals surface area (Å²) in [6.07, 6.45) is 9.14. The van der Waals surface area contributed by atoms with E-state index in [0.717, 1.165) is 31.8 Å². The molecular formula is C13H19N3O. The van der Waals surface area contributed by atoms with Gasteiger partial charge in [0.15, 0.2) is 0 Å². The van der Waals surface area contributed by atoms with E-state index < -0.39 is 0 Å². The zero-order valence-electron chi connectivity index (χ0n) is 10.1. The fourth-order valence-corrected chi connectivity index (χ4v) is 2.69. The molecule has 0 spiro atoms. The number of anilines is 1. The Kier molecular flexibility index (Phi) is 3.22. The highest BCUT2D eigenvalue weighted by molar-refractivity contribution is 5.47. The molecule has 0 bridgehead atoms. The van der Waals surface area contributed by atoms with Gasteiger partial charge in [-0.05, 0) is 38.5 Å². The molecule has 0 saturated carbocycles. The Labute approximate surface area is 102 Å². The van der Waals surface area contributed by atoms with Gasteiger partial charge < -0.3 is 10.1 Å². The maximum atomic E-state index is 5.61. The van der Waals surface area contributed by atoms with Crippen LogP contribution in [0.25, 0.3) is 0 Å². The van der Waals surface area contributed by atoms with Crippen LogP contribution >= 0.6 is 0 Å². The summed E-state index contributed by atoms with van der Waals surface area (Å²) in [5, 5.41) is 3.44. The highest BCUT2D eigenvalue weighted by Gasteiger charge is 2.18. The van der Waals surface area contributed by atoms with Crippen molar-refractivity contribution in [1.29, 1.82) is 0 Å². The normalized spacial score (nSPS) is 23.4. The van der Waals surface area contributed by atoms with E-state index in [9.17, 15) is 0 Å². The molecule has 4 heteroatoms. The highest BCUT2D eigenvalue weighted by atomic mass is 16.5. The average molecular weight is 233 g/mol. The number of hydrogen-bond acceptors (Lipinski definition) is 4. The maximum Gasteiger partial charge on any atom is 0.132 e. The van der Waals surface area contributed by atoms with Gasteiger partial charge in [0.1, 0.15) is 12.1 Å². The van der Waals surface area contributed by atoms with E-state index in [2.05, 4.69) is 15.3 Å². The van der Waals surface area contributed by atoms with Gasteiger partial charge in [0.2, 0.25) is 0 Å². The molecule has 4 nitrogen and oxygen atoms in total. The van der Waals surface area contributed by atoms with Gasteiger partial charge in [-0.2, -0.15) is 0 Å². The van der Waals surface area contributed by atoms with Crippen LogP contribution < -0.4 is 5.32 Å². The van der Waals surface area contributed by atoms with Crippen molar-refractivity contribution in [2.75, 3.05) is 18.5 Å². The molecule has 17 heavy (non-hydrogen) atoms. The molecule has 1 aliphatic heterocycles. The Morgan fingerprint density at radius 3 is 3.06 bits per heavy atom. The van der Waals surface area contributed by atoms with Crippen LogP contribution in [0.2, 0.25) is 0 Å². The predicted octanol–water partition coefficient (Wildman–Crippen LogP) is 1.95. The summed E-state index contributed by atoms with van der Waals surface area (Å²) in [5.74, 6) is 1.03. The van der Waals surface area contributed by atoms with E-state index in [4.69, 9.17) is 4.74 Å².